The van der Waals surface area contributed by atoms with Crippen LogP contribution in [-0.4, -0.2) is 51.4 Å². The summed E-state index contributed by atoms with van der Waals surface area (Å²) in [5.41, 5.74) is -1.67. The zero-order valence-electron chi connectivity index (χ0n) is 22.2. The van der Waals surface area contributed by atoms with Crippen molar-refractivity contribution in [2.24, 2.45) is 0 Å². The molecule has 1 fully saturated rings. The Morgan fingerprint density at radius 1 is 0.950 bits per heavy atom. The van der Waals surface area contributed by atoms with E-state index in [0.29, 0.717) is 54.4 Å². The Kier molecular flexibility index (Phi) is 7.08. The number of hydrogen-bond donors (Lipinski definition) is 3. The number of aromatic amines is 1. The van der Waals surface area contributed by atoms with Gasteiger partial charge in [0.1, 0.15) is 5.60 Å². The molecule has 0 spiro atoms. The first-order chi connectivity index (χ1) is 18.9. The van der Waals surface area contributed by atoms with Crippen molar-refractivity contribution in [2.75, 3.05) is 13.1 Å². The van der Waals surface area contributed by atoms with Crippen molar-refractivity contribution in [1.29, 1.82) is 0 Å². The van der Waals surface area contributed by atoms with Gasteiger partial charge in [-0.05, 0) is 56.7 Å². The molecule has 0 aliphatic carbocycles. The molecule has 0 bridgehead atoms. The Hall–Kier alpha value is -3.92. The van der Waals surface area contributed by atoms with Gasteiger partial charge in [0, 0.05) is 41.3 Å². The Bertz CT molecular complexity index is 1530. The molecule has 0 radical (unpaired) electrons. The molecule has 1 aromatic heterocycles. The van der Waals surface area contributed by atoms with E-state index < -0.39 is 35.1 Å². The first-order valence-corrected chi connectivity index (χ1v) is 13.3. The number of carbonyl (C=O) groups excluding carboxylic acids is 3. The van der Waals surface area contributed by atoms with Crippen LogP contribution in [0.1, 0.15) is 67.7 Å². The second-order valence-corrected chi connectivity index (χ2v) is 10.9. The van der Waals surface area contributed by atoms with Crippen molar-refractivity contribution >= 4 is 39.8 Å². The number of carbonyl (C=O) groups is 3. The number of alkyl halides is 3. The van der Waals surface area contributed by atoms with Gasteiger partial charge in [-0.15, -0.1) is 0 Å². The van der Waals surface area contributed by atoms with Crippen molar-refractivity contribution in [2.45, 2.75) is 57.2 Å². The highest BCUT2D eigenvalue weighted by molar-refractivity contribution is 6.50. The molecule has 5 rings (SSSR count). The van der Waals surface area contributed by atoms with Crippen molar-refractivity contribution in [3.63, 3.8) is 0 Å². The van der Waals surface area contributed by atoms with Gasteiger partial charge in [-0.2, -0.15) is 13.2 Å². The largest absolute Gasteiger partial charge is 0.417 e. The second-order valence-electron chi connectivity index (χ2n) is 10.9. The van der Waals surface area contributed by atoms with Gasteiger partial charge in [-0.3, -0.25) is 19.7 Å². The number of nitrogens with zero attached hydrogens (tertiary/aromatic N) is 1. The van der Waals surface area contributed by atoms with Crippen LogP contribution >= 0.6 is 0 Å². The topological polar surface area (TPSA) is 102 Å². The predicted molar refractivity (Wildman–Crippen MR) is 144 cm³/mol. The minimum absolute atomic E-state index is 0.107. The number of likely N-dealkylation sites (tertiary alicyclic amines) is 1. The van der Waals surface area contributed by atoms with Crippen molar-refractivity contribution in [3.8, 4) is 0 Å². The highest BCUT2D eigenvalue weighted by Crippen LogP contribution is 2.42. The summed E-state index contributed by atoms with van der Waals surface area (Å²) < 4.78 is 42.8. The molecule has 210 valence electrons. The molecular formula is C30H30F3N3O4. The molecule has 3 aromatic rings. The number of benzene rings is 2. The van der Waals surface area contributed by atoms with E-state index in [1.807, 2.05) is 0 Å². The molecule has 1 unspecified atom stereocenters. The van der Waals surface area contributed by atoms with Crippen LogP contribution in [0.2, 0.25) is 0 Å². The van der Waals surface area contributed by atoms with Gasteiger partial charge in [0.2, 0.25) is 0 Å². The van der Waals surface area contributed by atoms with Crippen molar-refractivity contribution < 1.29 is 32.7 Å². The SMILES string of the molecule is CC(C)(O)C(=O)N1CCCCC(c2ccc(C(F)(F)F)c(C3=C(c4c[nH]c5ccccc45)C(=O)NC3=O)c2)CC1. The Morgan fingerprint density at radius 2 is 1.65 bits per heavy atom. The van der Waals surface area contributed by atoms with Gasteiger partial charge in [-0.1, -0.05) is 36.8 Å². The third-order valence-electron chi connectivity index (χ3n) is 7.67. The number of hydrogen-bond acceptors (Lipinski definition) is 4. The molecule has 1 saturated heterocycles. The lowest BCUT2D eigenvalue weighted by atomic mass is 9.84. The summed E-state index contributed by atoms with van der Waals surface area (Å²) in [4.78, 5) is 43.4. The van der Waals surface area contributed by atoms with Crippen LogP contribution in [0.5, 0.6) is 0 Å². The summed E-state index contributed by atoms with van der Waals surface area (Å²) in [7, 11) is 0. The third kappa shape index (κ3) is 5.15. The van der Waals surface area contributed by atoms with E-state index >= 15 is 0 Å². The van der Waals surface area contributed by atoms with Crippen molar-refractivity contribution in [1.82, 2.24) is 15.2 Å². The summed E-state index contributed by atoms with van der Waals surface area (Å²) in [5.74, 6) is -2.21. The van der Waals surface area contributed by atoms with E-state index in [2.05, 4.69) is 10.3 Å². The highest BCUT2D eigenvalue weighted by atomic mass is 19.4. The van der Waals surface area contributed by atoms with E-state index in [4.69, 9.17) is 0 Å². The van der Waals surface area contributed by atoms with Crippen LogP contribution in [0.15, 0.2) is 48.7 Å². The molecule has 2 aliphatic heterocycles. The predicted octanol–water partition coefficient (Wildman–Crippen LogP) is 5.01. The summed E-state index contributed by atoms with van der Waals surface area (Å²) in [6, 6.07) is 10.8. The summed E-state index contributed by atoms with van der Waals surface area (Å²) in [6.07, 6.45) is -0.647. The standard InChI is InChI=1S/C30H30F3N3O4/c1-29(2,40)28(39)36-13-6-5-7-17(12-14-36)18-10-11-22(30(31,32)33)20(15-18)24-25(27(38)35-26(24)37)21-16-34-23-9-4-3-8-19(21)23/h3-4,8-11,15-17,34,40H,5-7,12-14H2,1-2H3,(H,35,37,38). The normalized spacial score (nSPS) is 19.1. The van der Waals surface area contributed by atoms with Crippen LogP contribution in [0.25, 0.3) is 22.0 Å². The van der Waals surface area contributed by atoms with Crippen molar-refractivity contribution in [3.05, 3.63) is 70.9 Å². The maximum atomic E-state index is 14.3. The average Bonchev–Trinajstić information content (AvgIpc) is 3.41. The minimum Gasteiger partial charge on any atom is -0.381 e. The van der Waals surface area contributed by atoms with Gasteiger partial charge in [-0.25, -0.2) is 0 Å². The lowest BCUT2D eigenvalue weighted by Gasteiger charge is -2.32. The summed E-state index contributed by atoms with van der Waals surface area (Å²) in [6.45, 7) is 3.70. The number of H-pyrrole nitrogens is 1. The first-order valence-electron chi connectivity index (χ1n) is 13.3. The number of halogens is 3. The van der Waals surface area contributed by atoms with Gasteiger partial charge < -0.3 is 15.0 Å². The molecule has 3 amide bonds. The average molecular weight is 554 g/mol. The summed E-state index contributed by atoms with van der Waals surface area (Å²) in [5, 5.41) is 13.0. The van der Waals surface area contributed by atoms with Crippen LogP contribution in [0.4, 0.5) is 13.2 Å². The number of imide groups is 1. The van der Waals surface area contributed by atoms with Gasteiger partial charge in [0.25, 0.3) is 17.7 Å². The quantitative estimate of drug-likeness (QED) is 0.395. The third-order valence-corrected chi connectivity index (χ3v) is 7.67. The fourth-order valence-corrected chi connectivity index (χ4v) is 5.70. The maximum Gasteiger partial charge on any atom is 0.417 e. The first kappa shape index (κ1) is 27.6. The minimum atomic E-state index is -4.77. The molecule has 10 heteroatoms. The number of para-hydroxylation sites is 1. The van der Waals surface area contributed by atoms with E-state index in [1.54, 1.807) is 29.2 Å². The van der Waals surface area contributed by atoms with Crippen LogP contribution in [0, 0.1) is 0 Å². The maximum absolute atomic E-state index is 14.3. The molecule has 40 heavy (non-hydrogen) atoms. The van der Waals surface area contributed by atoms with Gasteiger partial charge in [0.15, 0.2) is 0 Å². The molecule has 7 nitrogen and oxygen atoms in total. The Morgan fingerprint density at radius 3 is 2.35 bits per heavy atom. The van der Waals surface area contributed by atoms with Gasteiger partial charge >= 0.3 is 6.18 Å². The number of aromatic nitrogens is 1. The zero-order valence-corrected chi connectivity index (χ0v) is 22.2. The molecule has 2 aliphatic rings. The summed E-state index contributed by atoms with van der Waals surface area (Å²) >= 11 is 0. The second kappa shape index (κ2) is 10.2. The smallest absolute Gasteiger partial charge is 0.381 e. The number of aliphatic hydroxyl groups is 1. The van der Waals surface area contributed by atoms with E-state index in [-0.39, 0.29) is 22.6 Å². The molecule has 0 saturated carbocycles. The van der Waals surface area contributed by atoms with Crippen LogP contribution < -0.4 is 5.32 Å². The van der Waals surface area contributed by atoms with E-state index in [0.717, 1.165) is 12.5 Å². The highest BCUT2D eigenvalue weighted by Gasteiger charge is 2.41. The number of fused-ring (bicyclic) bond motifs is 1. The molecule has 3 N–H and O–H groups in total. The number of nitrogens with one attached hydrogen (secondary N) is 2. The number of rotatable bonds is 4. The molecular weight excluding hydrogens is 523 g/mol. The monoisotopic (exact) mass is 553 g/mol. The van der Waals surface area contributed by atoms with Crippen LogP contribution in [0.3, 0.4) is 0 Å². The fourth-order valence-electron chi connectivity index (χ4n) is 5.70. The van der Waals surface area contributed by atoms with Gasteiger partial charge in [0.05, 0.1) is 16.7 Å². The number of amides is 3. The fraction of sp³-hybridized carbons (Fsp3) is 0.367. The lowest BCUT2D eigenvalue weighted by Crippen LogP contribution is -2.46. The van der Waals surface area contributed by atoms with E-state index in [9.17, 15) is 32.7 Å². The zero-order chi connectivity index (χ0) is 28.8. The molecule has 2 aromatic carbocycles. The van der Waals surface area contributed by atoms with Crippen LogP contribution in [-0.2, 0) is 20.6 Å². The Labute approximate surface area is 229 Å². The molecule has 3 heterocycles. The lowest BCUT2D eigenvalue weighted by molar-refractivity contribution is -0.148. The molecule has 1 atom stereocenters. The van der Waals surface area contributed by atoms with E-state index in [1.165, 1.54) is 32.2 Å². The Balaban J connectivity index is 1.61.